The lowest BCUT2D eigenvalue weighted by Crippen LogP contribution is -2.43. The number of Topliss-reactive ketones (excluding diaryl/α,β-unsaturated/α-hetero) is 3. The van der Waals surface area contributed by atoms with Crippen LogP contribution in [0.15, 0.2) is 30.3 Å². The number of ketones is 3. The lowest BCUT2D eigenvalue weighted by Gasteiger charge is -2.20. The molecule has 2 unspecified atom stereocenters. The van der Waals surface area contributed by atoms with Gasteiger partial charge in [0, 0.05) is 19.3 Å². The van der Waals surface area contributed by atoms with E-state index in [4.69, 9.17) is 11.5 Å². The van der Waals surface area contributed by atoms with E-state index in [1.165, 1.54) is 13.8 Å². The van der Waals surface area contributed by atoms with Crippen LogP contribution in [0.3, 0.4) is 0 Å². The maximum Gasteiger partial charge on any atom is 0.226 e. The number of aliphatic hydroxyl groups excluding tert-OH is 1. The topological polar surface area (TPSA) is 199 Å². The summed E-state index contributed by atoms with van der Waals surface area (Å²) in [5.41, 5.74) is 12.0. The minimum absolute atomic E-state index is 0.247. The molecule has 11 heteroatoms. The highest BCUT2D eigenvalue weighted by atomic mass is 16.3. The molecule has 11 nitrogen and oxygen atoms in total. The number of carbonyl (C=O) groups excluding carboxylic acids is 6. The van der Waals surface area contributed by atoms with E-state index in [1.54, 1.807) is 0 Å². The summed E-state index contributed by atoms with van der Waals surface area (Å²) >= 11 is 0. The van der Waals surface area contributed by atoms with Crippen molar-refractivity contribution < 1.29 is 33.9 Å². The van der Waals surface area contributed by atoms with Crippen LogP contribution in [0, 0.1) is 11.8 Å². The molecule has 0 aliphatic rings. The largest absolute Gasteiger partial charge is 0.393 e. The minimum Gasteiger partial charge on any atom is -0.393 e. The van der Waals surface area contributed by atoms with Crippen LogP contribution in [0.4, 0.5) is 0 Å². The van der Waals surface area contributed by atoms with Crippen molar-refractivity contribution in [3.05, 3.63) is 35.9 Å². The van der Waals surface area contributed by atoms with Crippen LogP contribution in [0.25, 0.3) is 0 Å². The SMILES string of the molecule is CC(=O)CNC(=O)C(CC(=O)C[C@@H](CC(N)=O)C(=O)NCC(=O)[C@@H](N)Cc1ccccc1)C(C)O. The Bertz CT molecular complexity index is 918. The zero-order valence-electron chi connectivity index (χ0n) is 20.0. The molecule has 35 heavy (non-hydrogen) atoms. The number of rotatable bonds is 16. The van der Waals surface area contributed by atoms with Crippen molar-refractivity contribution in [2.24, 2.45) is 23.3 Å². The second-order valence-corrected chi connectivity index (χ2v) is 8.56. The van der Waals surface area contributed by atoms with Crippen molar-refractivity contribution >= 4 is 35.1 Å². The Balaban J connectivity index is 2.71. The Hall–Kier alpha value is -3.44. The predicted octanol–water partition coefficient (Wildman–Crippen LogP) is -1.22. The van der Waals surface area contributed by atoms with Gasteiger partial charge in [-0.25, -0.2) is 0 Å². The van der Waals surface area contributed by atoms with Crippen LogP contribution in [0.2, 0.25) is 0 Å². The lowest BCUT2D eigenvalue weighted by atomic mass is 9.90. The van der Waals surface area contributed by atoms with Crippen LogP contribution >= 0.6 is 0 Å². The molecule has 1 aromatic carbocycles. The number of nitrogens with one attached hydrogen (secondary N) is 2. The number of hydrogen-bond acceptors (Lipinski definition) is 8. The first-order chi connectivity index (χ1) is 16.4. The van der Waals surface area contributed by atoms with Gasteiger partial charge in [-0.3, -0.25) is 28.8 Å². The molecule has 0 aromatic heterocycles. The van der Waals surface area contributed by atoms with E-state index in [-0.39, 0.29) is 25.3 Å². The van der Waals surface area contributed by atoms with E-state index in [9.17, 15) is 33.9 Å². The Morgan fingerprint density at radius 1 is 0.914 bits per heavy atom. The molecule has 0 fully saturated rings. The molecular formula is C24H34N4O7. The number of carbonyl (C=O) groups is 6. The van der Waals surface area contributed by atoms with Gasteiger partial charge >= 0.3 is 0 Å². The number of amides is 3. The number of benzene rings is 1. The number of hydrogen-bond donors (Lipinski definition) is 5. The van der Waals surface area contributed by atoms with E-state index in [2.05, 4.69) is 10.6 Å². The summed E-state index contributed by atoms with van der Waals surface area (Å²) in [5, 5.41) is 14.6. The van der Waals surface area contributed by atoms with Gasteiger partial charge in [0.05, 0.1) is 37.1 Å². The average Bonchev–Trinajstić information content (AvgIpc) is 2.78. The Morgan fingerprint density at radius 3 is 2.06 bits per heavy atom. The summed E-state index contributed by atoms with van der Waals surface area (Å²) in [4.78, 5) is 72.2. The van der Waals surface area contributed by atoms with Crippen molar-refractivity contribution in [2.45, 2.75) is 51.7 Å². The van der Waals surface area contributed by atoms with Crippen molar-refractivity contribution in [3.63, 3.8) is 0 Å². The Morgan fingerprint density at radius 2 is 1.51 bits per heavy atom. The minimum atomic E-state index is -1.20. The second kappa shape index (κ2) is 14.7. The fourth-order valence-electron chi connectivity index (χ4n) is 3.36. The van der Waals surface area contributed by atoms with Crippen LogP contribution < -0.4 is 22.1 Å². The summed E-state index contributed by atoms with van der Waals surface area (Å²) in [7, 11) is 0. The third-order valence-electron chi connectivity index (χ3n) is 5.32. The van der Waals surface area contributed by atoms with Gasteiger partial charge in [0.25, 0.3) is 0 Å². The van der Waals surface area contributed by atoms with Gasteiger partial charge in [0.15, 0.2) is 5.78 Å². The summed E-state index contributed by atoms with van der Waals surface area (Å²) in [6, 6.07) is 8.25. The molecule has 0 spiro atoms. The monoisotopic (exact) mass is 490 g/mol. The molecule has 0 saturated carbocycles. The molecule has 0 aliphatic carbocycles. The Labute approximate surface area is 204 Å². The lowest BCUT2D eigenvalue weighted by molar-refractivity contribution is -0.136. The zero-order chi connectivity index (χ0) is 26.5. The van der Waals surface area contributed by atoms with Crippen molar-refractivity contribution in [3.8, 4) is 0 Å². The first kappa shape index (κ1) is 29.6. The Kier molecular flexibility index (Phi) is 12.5. The standard InChI is InChI=1S/C24H34N4O7/c1-14(29)12-27-24(35)19(15(2)30)11-18(31)9-17(10-22(26)33)23(34)28-13-21(32)20(25)8-16-6-4-3-5-7-16/h3-7,15,17,19-20,30H,8-13,25H2,1-2H3,(H2,26,33)(H,27,35)(H,28,34)/t15?,17-,19?,20-/m0/s1. The highest BCUT2D eigenvalue weighted by Gasteiger charge is 2.30. The first-order valence-corrected chi connectivity index (χ1v) is 11.3. The molecular weight excluding hydrogens is 456 g/mol. The van der Waals surface area contributed by atoms with Gasteiger partial charge < -0.3 is 27.2 Å². The van der Waals surface area contributed by atoms with Crippen LogP contribution in [-0.2, 0) is 35.2 Å². The summed E-state index contributed by atoms with van der Waals surface area (Å²) in [6.45, 7) is 1.96. The fourth-order valence-corrected chi connectivity index (χ4v) is 3.36. The number of aliphatic hydroxyl groups is 1. The summed E-state index contributed by atoms with van der Waals surface area (Å²) in [6.07, 6.45) is -2.20. The maximum atomic E-state index is 12.6. The van der Waals surface area contributed by atoms with E-state index in [0.29, 0.717) is 0 Å². The summed E-state index contributed by atoms with van der Waals surface area (Å²) < 4.78 is 0. The van der Waals surface area contributed by atoms with E-state index < -0.39 is 72.5 Å². The maximum absolute atomic E-state index is 12.6. The molecule has 192 valence electrons. The molecule has 4 atom stereocenters. The molecule has 0 aliphatic heterocycles. The number of nitrogens with two attached hydrogens (primary N) is 2. The molecule has 0 saturated heterocycles. The predicted molar refractivity (Wildman–Crippen MR) is 127 cm³/mol. The average molecular weight is 491 g/mol. The van der Waals surface area contributed by atoms with E-state index in [0.717, 1.165) is 5.56 Å². The van der Waals surface area contributed by atoms with Crippen LogP contribution in [0.5, 0.6) is 0 Å². The van der Waals surface area contributed by atoms with Crippen molar-refractivity contribution in [1.82, 2.24) is 10.6 Å². The molecule has 1 aromatic rings. The van der Waals surface area contributed by atoms with E-state index >= 15 is 0 Å². The molecule has 3 amide bonds. The van der Waals surface area contributed by atoms with Crippen molar-refractivity contribution in [2.75, 3.05) is 13.1 Å². The van der Waals surface area contributed by atoms with Crippen LogP contribution in [0.1, 0.15) is 38.7 Å². The van der Waals surface area contributed by atoms with Gasteiger partial charge in [0.1, 0.15) is 11.6 Å². The molecule has 1 rings (SSSR count). The third kappa shape index (κ3) is 11.5. The van der Waals surface area contributed by atoms with Gasteiger partial charge in [-0.1, -0.05) is 30.3 Å². The quantitative estimate of drug-likeness (QED) is 0.190. The van der Waals surface area contributed by atoms with Crippen LogP contribution in [-0.4, -0.2) is 65.4 Å². The summed E-state index contributed by atoms with van der Waals surface area (Å²) in [5.74, 6) is -5.83. The van der Waals surface area contributed by atoms with Gasteiger partial charge in [-0.05, 0) is 25.8 Å². The molecule has 7 N–H and O–H groups in total. The van der Waals surface area contributed by atoms with E-state index in [1.807, 2.05) is 30.3 Å². The zero-order valence-corrected chi connectivity index (χ0v) is 20.0. The van der Waals surface area contributed by atoms with Gasteiger partial charge in [-0.2, -0.15) is 0 Å². The number of primary amides is 1. The third-order valence-corrected chi connectivity index (χ3v) is 5.32. The van der Waals surface area contributed by atoms with Gasteiger partial charge in [0.2, 0.25) is 17.7 Å². The normalized spacial score (nSPS) is 14.2. The van der Waals surface area contributed by atoms with Gasteiger partial charge in [-0.15, -0.1) is 0 Å². The first-order valence-electron chi connectivity index (χ1n) is 11.3. The van der Waals surface area contributed by atoms with Crippen molar-refractivity contribution in [1.29, 1.82) is 0 Å². The molecule has 0 radical (unpaired) electrons. The molecule has 0 bridgehead atoms. The second-order valence-electron chi connectivity index (χ2n) is 8.56. The fraction of sp³-hybridized carbons (Fsp3) is 0.500. The molecule has 0 heterocycles. The smallest absolute Gasteiger partial charge is 0.226 e. The highest BCUT2D eigenvalue weighted by molar-refractivity contribution is 5.95. The highest BCUT2D eigenvalue weighted by Crippen LogP contribution is 2.17.